The van der Waals surface area contributed by atoms with Crippen LogP contribution in [0.3, 0.4) is 0 Å². The number of nitrogens with zero attached hydrogens (tertiary/aromatic N) is 3. The Morgan fingerprint density at radius 1 is 1.00 bits per heavy atom. The van der Waals surface area contributed by atoms with Gasteiger partial charge in [-0.15, -0.1) is 10.2 Å². The summed E-state index contributed by atoms with van der Waals surface area (Å²) in [6, 6.07) is 1.41. The Balaban J connectivity index is 0.00000277. The summed E-state index contributed by atoms with van der Waals surface area (Å²) in [5, 5.41) is 7.53. The molecular formula is C16H25BrClN3O4. The van der Waals surface area contributed by atoms with Crippen LogP contribution in [0.25, 0.3) is 0 Å². The van der Waals surface area contributed by atoms with Crippen LogP contribution in [-0.2, 0) is 9.47 Å². The third kappa shape index (κ3) is 8.49. The second-order valence-corrected chi connectivity index (χ2v) is 7.88. The quantitative estimate of drug-likeness (QED) is 0.568. The van der Waals surface area contributed by atoms with Gasteiger partial charge in [-0.25, -0.2) is 9.59 Å². The summed E-state index contributed by atoms with van der Waals surface area (Å²) >= 11 is 8.94. The zero-order valence-corrected chi connectivity index (χ0v) is 18.1. The number of carbonyl (C=O) groups excluding carboxylic acids is 2. The molecule has 2 amide bonds. The fourth-order valence-electron chi connectivity index (χ4n) is 1.36. The molecule has 0 unspecified atom stereocenters. The Labute approximate surface area is 162 Å². The lowest BCUT2D eigenvalue weighted by Gasteiger charge is -2.28. The van der Waals surface area contributed by atoms with Crippen molar-refractivity contribution in [1.82, 2.24) is 10.2 Å². The van der Waals surface area contributed by atoms with E-state index in [0.29, 0.717) is 9.37 Å². The van der Waals surface area contributed by atoms with Crippen molar-refractivity contribution < 1.29 is 19.1 Å². The van der Waals surface area contributed by atoms with E-state index in [-0.39, 0.29) is 11.0 Å². The zero-order valence-electron chi connectivity index (χ0n) is 15.8. The van der Waals surface area contributed by atoms with Gasteiger partial charge in [-0.3, -0.25) is 0 Å². The first-order valence-electron chi connectivity index (χ1n) is 7.75. The Morgan fingerprint density at radius 2 is 1.40 bits per heavy atom. The molecule has 1 aromatic rings. The largest absolute Gasteiger partial charge is 0.443 e. The molecule has 0 aliphatic carbocycles. The van der Waals surface area contributed by atoms with Crippen LogP contribution in [0.1, 0.15) is 55.4 Å². The van der Waals surface area contributed by atoms with Gasteiger partial charge in [-0.1, -0.05) is 25.4 Å². The molecule has 0 aromatic carbocycles. The van der Waals surface area contributed by atoms with Crippen LogP contribution in [0.5, 0.6) is 0 Å². The number of rotatable bonds is 1. The van der Waals surface area contributed by atoms with E-state index in [1.807, 2.05) is 13.8 Å². The first-order valence-corrected chi connectivity index (χ1v) is 8.92. The lowest BCUT2D eigenvalue weighted by atomic mass is 10.2. The number of imide groups is 1. The summed E-state index contributed by atoms with van der Waals surface area (Å²) in [5.74, 6) is -0.0714. The highest BCUT2D eigenvalue weighted by atomic mass is 79.9. The molecule has 0 N–H and O–H groups in total. The predicted molar refractivity (Wildman–Crippen MR) is 101 cm³/mol. The molecular weight excluding hydrogens is 414 g/mol. The standard InChI is InChI=1S/C14H19BrClN3O4.C2H6/c1-13(2,3)22-11(20)19(12(21)23-14(4,5)6)10-8(15)7-9(16)17-18-10;1-2/h7H,1-6H3;1-2H3. The molecule has 7 nitrogen and oxygen atoms in total. The Kier molecular flexibility index (Phi) is 8.81. The van der Waals surface area contributed by atoms with Crippen molar-refractivity contribution in [2.75, 3.05) is 4.90 Å². The third-order valence-electron chi connectivity index (χ3n) is 2.06. The highest BCUT2D eigenvalue weighted by molar-refractivity contribution is 9.10. The lowest BCUT2D eigenvalue weighted by Crippen LogP contribution is -2.44. The molecule has 1 aromatic heterocycles. The fourth-order valence-corrected chi connectivity index (χ4v) is 2.11. The van der Waals surface area contributed by atoms with Gasteiger partial charge in [0.1, 0.15) is 11.2 Å². The van der Waals surface area contributed by atoms with E-state index in [9.17, 15) is 9.59 Å². The summed E-state index contributed by atoms with van der Waals surface area (Å²) in [5.41, 5.74) is -1.60. The van der Waals surface area contributed by atoms with Crippen molar-refractivity contribution >= 4 is 45.5 Å². The summed E-state index contributed by atoms with van der Waals surface area (Å²) in [7, 11) is 0. The van der Waals surface area contributed by atoms with Crippen molar-refractivity contribution in [1.29, 1.82) is 0 Å². The Morgan fingerprint density at radius 3 is 1.72 bits per heavy atom. The van der Waals surface area contributed by atoms with Gasteiger partial charge in [0.2, 0.25) is 0 Å². The molecule has 0 spiro atoms. The molecule has 0 saturated heterocycles. The van der Waals surface area contributed by atoms with Crippen LogP contribution in [0.15, 0.2) is 10.5 Å². The van der Waals surface area contributed by atoms with Crippen LogP contribution in [0.2, 0.25) is 5.15 Å². The van der Waals surface area contributed by atoms with Gasteiger partial charge in [0, 0.05) is 0 Å². The summed E-state index contributed by atoms with van der Waals surface area (Å²) in [4.78, 5) is 25.5. The van der Waals surface area contributed by atoms with Crippen LogP contribution in [0.4, 0.5) is 15.4 Å². The van der Waals surface area contributed by atoms with E-state index >= 15 is 0 Å². The van der Waals surface area contributed by atoms with Gasteiger partial charge in [0.15, 0.2) is 11.0 Å². The maximum Gasteiger partial charge on any atom is 0.425 e. The van der Waals surface area contributed by atoms with Crippen molar-refractivity contribution in [2.45, 2.75) is 66.6 Å². The number of aromatic nitrogens is 2. The maximum absolute atomic E-state index is 12.4. The monoisotopic (exact) mass is 437 g/mol. The van der Waals surface area contributed by atoms with Gasteiger partial charge < -0.3 is 9.47 Å². The maximum atomic E-state index is 12.4. The normalized spacial score (nSPS) is 11.1. The van der Waals surface area contributed by atoms with Crippen molar-refractivity contribution in [3.05, 3.63) is 15.7 Å². The molecule has 0 aliphatic rings. The Hall–Kier alpha value is -1.41. The molecule has 0 atom stereocenters. The van der Waals surface area contributed by atoms with E-state index in [4.69, 9.17) is 21.1 Å². The lowest BCUT2D eigenvalue weighted by molar-refractivity contribution is 0.0428. The molecule has 1 rings (SSSR count). The Bertz CT molecular complexity index is 584. The molecule has 1 heterocycles. The van der Waals surface area contributed by atoms with E-state index in [1.165, 1.54) is 6.07 Å². The molecule has 25 heavy (non-hydrogen) atoms. The van der Waals surface area contributed by atoms with Gasteiger partial charge in [0.25, 0.3) is 0 Å². The van der Waals surface area contributed by atoms with Crippen LogP contribution < -0.4 is 4.90 Å². The minimum Gasteiger partial charge on any atom is -0.443 e. The number of ether oxygens (including phenoxy) is 2. The number of amides is 2. The SMILES string of the molecule is CC.CC(C)(C)OC(=O)N(C(=O)OC(C)(C)C)c1nnc(Cl)cc1Br. The van der Waals surface area contributed by atoms with Gasteiger partial charge >= 0.3 is 12.2 Å². The molecule has 0 aliphatic heterocycles. The molecule has 142 valence electrons. The van der Waals surface area contributed by atoms with E-state index in [1.54, 1.807) is 41.5 Å². The number of hydrogen-bond donors (Lipinski definition) is 0. The second kappa shape index (κ2) is 9.33. The highest BCUT2D eigenvalue weighted by Gasteiger charge is 2.35. The van der Waals surface area contributed by atoms with Gasteiger partial charge in [-0.2, -0.15) is 4.90 Å². The van der Waals surface area contributed by atoms with Crippen LogP contribution >= 0.6 is 27.5 Å². The number of hydrogen-bond acceptors (Lipinski definition) is 6. The zero-order chi connectivity index (χ0) is 20.0. The predicted octanol–water partition coefficient (Wildman–Crippen LogP) is 5.60. The summed E-state index contributed by atoms with van der Waals surface area (Å²) in [6.45, 7) is 14.1. The fraction of sp³-hybridized carbons (Fsp3) is 0.625. The second-order valence-electron chi connectivity index (χ2n) is 6.63. The minimum atomic E-state index is -0.927. The smallest absolute Gasteiger partial charge is 0.425 e. The first-order chi connectivity index (χ1) is 11.3. The molecule has 0 fully saturated rings. The van der Waals surface area contributed by atoms with Crippen molar-refractivity contribution in [2.24, 2.45) is 0 Å². The van der Waals surface area contributed by atoms with Crippen LogP contribution in [-0.4, -0.2) is 33.6 Å². The molecule has 0 radical (unpaired) electrons. The topological polar surface area (TPSA) is 81.6 Å². The molecule has 0 bridgehead atoms. The molecule has 0 saturated carbocycles. The average molecular weight is 439 g/mol. The van der Waals surface area contributed by atoms with E-state index in [0.717, 1.165) is 0 Å². The molecule has 9 heteroatoms. The van der Waals surface area contributed by atoms with Crippen molar-refractivity contribution in [3.8, 4) is 0 Å². The average Bonchev–Trinajstić information content (AvgIpc) is 2.40. The number of anilines is 1. The minimum absolute atomic E-state index is 0.0714. The number of carbonyl (C=O) groups is 2. The number of halogens is 2. The third-order valence-corrected chi connectivity index (χ3v) is 2.83. The van der Waals surface area contributed by atoms with Gasteiger partial charge in [0.05, 0.1) is 4.47 Å². The van der Waals surface area contributed by atoms with E-state index in [2.05, 4.69) is 26.1 Å². The summed E-state index contributed by atoms with van der Waals surface area (Å²) in [6.07, 6.45) is -1.85. The van der Waals surface area contributed by atoms with E-state index < -0.39 is 23.4 Å². The summed E-state index contributed by atoms with van der Waals surface area (Å²) < 4.78 is 10.8. The van der Waals surface area contributed by atoms with Crippen LogP contribution in [0, 0.1) is 0 Å². The van der Waals surface area contributed by atoms with Gasteiger partial charge in [-0.05, 0) is 63.5 Å². The van der Waals surface area contributed by atoms with Crippen molar-refractivity contribution in [3.63, 3.8) is 0 Å². The first kappa shape index (κ1) is 23.6. The highest BCUT2D eigenvalue weighted by Crippen LogP contribution is 2.28.